The van der Waals surface area contributed by atoms with E-state index >= 15 is 0 Å². The molecule has 1 fully saturated rings. The maximum atomic E-state index is 5.69. The molecule has 1 aliphatic carbocycles. The number of anilines is 1. The fourth-order valence-corrected chi connectivity index (χ4v) is 2.65. The Morgan fingerprint density at radius 3 is 2.52 bits per heavy atom. The number of nitrogens with zero attached hydrogens (tertiary/aromatic N) is 1. The summed E-state index contributed by atoms with van der Waals surface area (Å²) >= 11 is 0. The van der Waals surface area contributed by atoms with Crippen molar-refractivity contribution in [1.82, 2.24) is 5.32 Å². The molecule has 21 heavy (non-hydrogen) atoms. The van der Waals surface area contributed by atoms with Gasteiger partial charge in [-0.1, -0.05) is 6.07 Å². The van der Waals surface area contributed by atoms with Gasteiger partial charge in [-0.3, -0.25) is 0 Å². The van der Waals surface area contributed by atoms with Gasteiger partial charge in [0, 0.05) is 30.9 Å². The van der Waals surface area contributed by atoms with E-state index in [-0.39, 0.29) is 0 Å². The van der Waals surface area contributed by atoms with E-state index in [1.165, 1.54) is 35.2 Å². The lowest BCUT2D eigenvalue weighted by atomic mass is 10.1. The highest BCUT2D eigenvalue weighted by atomic mass is 16.3. The number of hydrogen-bond donors (Lipinski definition) is 1. The molecule has 0 amide bonds. The van der Waals surface area contributed by atoms with Gasteiger partial charge in [-0.15, -0.1) is 0 Å². The zero-order valence-corrected chi connectivity index (χ0v) is 13.1. The molecule has 0 atom stereocenters. The average Bonchev–Trinajstić information content (AvgIpc) is 3.15. The Hall–Kier alpha value is -1.74. The standard InChI is InChI=1S/C18H24N2O/c1-13-6-14(2)8-17(7-13)20(3)11-18-9-15(12-21-18)10-19-16-4-5-16/h6-9,12,16,19H,4-5,10-11H2,1-3H3. The van der Waals surface area contributed by atoms with E-state index in [2.05, 4.69) is 55.4 Å². The summed E-state index contributed by atoms with van der Waals surface area (Å²) in [5.41, 5.74) is 5.07. The van der Waals surface area contributed by atoms with Gasteiger partial charge in [0.15, 0.2) is 0 Å². The van der Waals surface area contributed by atoms with E-state index in [1.54, 1.807) is 0 Å². The first-order valence-electron chi connectivity index (χ1n) is 7.69. The summed E-state index contributed by atoms with van der Waals surface area (Å²) in [7, 11) is 2.11. The minimum atomic E-state index is 0.737. The van der Waals surface area contributed by atoms with Crippen LogP contribution in [0.3, 0.4) is 0 Å². The number of benzene rings is 1. The summed E-state index contributed by atoms with van der Waals surface area (Å²) in [5.74, 6) is 1.02. The highest BCUT2D eigenvalue weighted by Crippen LogP contribution is 2.22. The Morgan fingerprint density at radius 1 is 1.14 bits per heavy atom. The summed E-state index contributed by atoms with van der Waals surface area (Å²) < 4.78 is 5.69. The van der Waals surface area contributed by atoms with E-state index in [4.69, 9.17) is 4.42 Å². The molecular formula is C18H24N2O. The van der Waals surface area contributed by atoms with Crippen LogP contribution >= 0.6 is 0 Å². The summed E-state index contributed by atoms with van der Waals surface area (Å²) in [6, 6.07) is 9.53. The van der Waals surface area contributed by atoms with Crippen LogP contribution in [0.5, 0.6) is 0 Å². The fourth-order valence-electron chi connectivity index (χ4n) is 2.65. The molecule has 3 nitrogen and oxygen atoms in total. The number of furan rings is 1. The summed E-state index contributed by atoms with van der Waals surface area (Å²) in [6.45, 7) is 5.99. The quantitative estimate of drug-likeness (QED) is 0.875. The highest BCUT2D eigenvalue weighted by Gasteiger charge is 2.20. The maximum Gasteiger partial charge on any atom is 0.123 e. The van der Waals surface area contributed by atoms with Crippen molar-refractivity contribution in [2.75, 3.05) is 11.9 Å². The largest absolute Gasteiger partial charge is 0.467 e. The van der Waals surface area contributed by atoms with Crippen LogP contribution in [-0.4, -0.2) is 13.1 Å². The van der Waals surface area contributed by atoms with Crippen LogP contribution in [0.1, 0.15) is 35.3 Å². The molecule has 0 bridgehead atoms. The second-order valence-electron chi connectivity index (χ2n) is 6.28. The molecule has 1 aromatic carbocycles. The first-order chi connectivity index (χ1) is 10.1. The predicted molar refractivity (Wildman–Crippen MR) is 86.6 cm³/mol. The van der Waals surface area contributed by atoms with Gasteiger partial charge in [0.1, 0.15) is 5.76 Å². The topological polar surface area (TPSA) is 28.4 Å². The molecule has 1 aromatic heterocycles. The molecule has 1 saturated carbocycles. The molecule has 3 heteroatoms. The zero-order chi connectivity index (χ0) is 14.8. The minimum absolute atomic E-state index is 0.737. The third kappa shape index (κ3) is 3.88. The highest BCUT2D eigenvalue weighted by molar-refractivity contribution is 5.50. The van der Waals surface area contributed by atoms with Gasteiger partial charge in [0.05, 0.1) is 12.8 Å². The van der Waals surface area contributed by atoms with Crippen LogP contribution in [0.4, 0.5) is 5.69 Å². The lowest BCUT2D eigenvalue weighted by molar-refractivity contribution is 0.504. The Labute approximate surface area is 127 Å². The van der Waals surface area contributed by atoms with Gasteiger partial charge in [0.25, 0.3) is 0 Å². The van der Waals surface area contributed by atoms with Gasteiger partial charge in [-0.2, -0.15) is 0 Å². The summed E-state index contributed by atoms with van der Waals surface area (Å²) in [6.07, 6.45) is 4.51. The van der Waals surface area contributed by atoms with Crippen LogP contribution in [0.25, 0.3) is 0 Å². The van der Waals surface area contributed by atoms with E-state index in [0.717, 1.165) is 24.9 Å². The fraction of sp³-hybridized carbons (Fsp3) is 0.444. The van der Waals surface area contributed by atoms with Crippen molar-refractivity contribution >= 4 is 5.69 Å². The van der Waals surface area contributed by atoms with E-state index < -0.39 is 0 Å². The Kier molecular flexibility index (Phi) is 4.02. The van der Waals surface area contributed by atoms with Crippen molar-refractivity contribution in [3.8, 4) is 0 Å². The van der Waals surface area contributed by atoms with E-state index in [9.17, 15) is 0 Å². The average molecular weight is 284 g/mol. The number of nitrogens with one attached hydrogen (secondary N) is 1. The molecule has 0 saturated heterocycles. The van der Waals surface area contributed by atoms with Crippen molar-refractivity contribution < 1.29 is 4.42 Å². The first kappa shape index (κ1) is 14.2. The SMILES string of the molecule is Cc1cc(C)cc(N(C)Cc2cc(CNC3CC3)co2)c1. The smallest absolute Gasteiger partial charge is 0.123 e. The van der Waals surface area contributed by atoms with Crippen molar-refractivity contribution in [3.05, 3.63) is 53.0 Å². The third-order valence-electron chi connectivity index (χ3n) is 3.92. The first-order valence-corrected chi connectivity index (χ1v) is 7.69. The Morgan fingerprint density at radius 2 is 1.86 bits per heavy atom. The second-order valence-corrected chi connectivity index (χ2v) is 6.28. The van der Waals surface area contributed by atoms with Crippen LogP contribution < -0.4 is 10.2 Å². The van der Waals surface area contributed by atoms with Gasteiger partial charge in [0.2, 0.25) is 0 Å². The molecule has 112 valence electrons. The Bertz CT molecular complexity index is 593. The number of aryl methyl sites for hydroxylation is 2. The van der Waals surface area contributed by atoms with E-state index in [0.29, 0.717) is 0 Å². The molecule has 1 N–H and O–H groups in total. The van der Waals surface area contributed by atoms with Crippen LogP contribution in [0, 0.1) is 13.8 Å². The molecule has 2 aromatic rings. The lowest BCUT2D eigenvalue weighted by Crippen LogP contribution is -2.16. The molecule has 0 radical (unpaired) electrons. The normalized spacial score (nSPS) is 14.4. The van der Waals surface area contributed by atoms with Crippen molar-refractivity contribution in [1.29, 1.82) is 0 Å². The van der Waals surface area contributed by atoms with Crippen LogP contribution in [0.15, 0.2) is 34.9 Å². The van der Waals surface area contributed by atoms with Crippen LogP contribution in [0.2, 0.25) is 0 Å². The van der Waals surface area contributed by atoms with Crippen molar-refractivity contribution in [2.45, 2.75) is 45.8 Å². The Balaban J connectivity index is 1.61. The van der Waals surface area contributed by atoms with E-state index in [1.807, 2.05) is 6.26 Å². The third-order valence-corrected chi connectivity index (χ3v) is 3.92. The van der Waals surface area contributed by atoms with Gasteiger partial charge in [-0.05, 0) is 56.0 Å². The summed E-state index contributed by atoms with van der Waals surface area (Å²) in [4.78, 5) is 2.23. The monoisotopic (exact) mass is 284 g/mol. The number of hydrogen-bond acceptors (Lipinski definition) is 3. The van der Waals surface area contributed by atoms with Gasteiger partial charge in [-0.25, -0.2) is 0 Å². The second kappa shape index (κ2) is 5.94. The molecule has 0 aliphatic heterocycles. The molecule has 1 heterocycles. The van der Waals surface area contributed by atoms with Crippen LogP contribution in [-0.2, 0) is 13.1 Å². The zero-order valence-electron chi connectivity index (χ0n) is 13.1. The minimum Gasteiger partial charge on any atom is -0.467 e. The van der Waals surface area contributed by atoms with Crippen molar-refractivity contribution in [3.63, 3.8) is 0 Å². The van der Waals surface area contributed by atoms with Gasteiger partial charge < -0.3 is 14.6 Å². The lowest BCUT2D eigenvalue weighted by Gasteiger charge is -2.19. The summed E-state index contributed by atoms with van der Waals surface area (Å²) in [5, 5.41) is 3.51. The molecule has 3 rings (SSSR count). The maximum absolute atomic E-state index is 5.69. The molecule has 0 spiro atoms. The molecular weight excluding hydrogens is 260 g/mol. The molecule has 1 aliphatic rings. The van der Waals surface area contributed by atoms with Crippen molar-refractivity contribution in [2.24, 2.45) is 0 Å². The molecule has 0 unspecified atom stereocenters. The van der Waals surface area contributed by atoms with Gasteiger partial charge >= 0.3 is 0 Å². The predicted octanol–water partition coefficient (Wildman–Crippen LogP) is 3.78. The number of rotatable bonds is 6.